The van der Waals surface area contributed by atoms with Crippen molar-refractivity contribution in [1.82, 2.24) is 19.3 Å². The number of nitrogens with one attached hydrogen (secondary N) is 1. The van der Waals surface area contributed by atoms with Gasteiger partial charge in [-0.1, -0.05) is 31.0 Å². The highest BCUT2D eigenvalue weighted by molar-refractivity contribution is 6.12. The van der Waals surface area contributed by atoms with Crippen molar-refractivity contribution in [2.24, 2.45) is 7.05 Å². The van der Waals surface area contributed by atoms with Crippen LogP contribution in [-0.4, -0.2) is 25.2 Å². The van der Waals surface area contributed by atoms with Gasteiger partial charge in [-0.2, -0.15) is 5.10 Å². The molecular formula is C23H23N5O3. The summed E-state index contributed by atoms with van der Waals surface area (Å²) in [6.07, 6.45) is 5.98. The molecule has 0 spiro atoms. The van der Waals surface area contributed by atoms with Crippen molar-refractivity contribution in [1.29, 1.82) is 0 Å². The second kappa shape index (κ2) is 7.54. The molecule has 8 heteroatoms. The Kier molecular flexibility index (Phi) is 4.69. The van der Waals surface area contributed by atoms with Gasteiger partial charge in [0.15, 0.2) is 0 Å². The lowest BCUT2D eigenvalue weighted by atomic mass is 10.0. The van der Waals surface area contributed by atoms with E-state index in [2.05, 4.69) is 10.3 Å². The molecule has 1 N–H and O–H groups in total. The lowest BCUT2D eigenvalue weighted by Crippen LogP contribution is -2.21. The minimum Gasteiger partial charge on any atom is -0.442 e. The Balaban J connectivity index is 1.58. The number of para-hydroxylation sites is 1. The lowest BCUT2D eigenvalue weighted by molar-refractivity contribution is 0.102. The topological polar surface area (TPSA) is 94.9 Å². The average molecular weight is 417 g/mol. The third kappa shape index (κ3) is 3.34. The van der Waals surface area contributed by atoms with Gasteiger partial charge < -0.3 is 14.3 Å². The zero-order valence-corrected chi connectivity index (χ0v) is 17.5. The molecule has 0 saturated heterocycles. The number of hydrogen-bond donors (Lipinski definition) is 1. The van der Waals surface area contributed by atoms with Crippen LogP contribution in [0.1, 0.15) is 53.4 Å². The second-order valence-corrected chi connectivity index (χ2v) is 8.01. The molecule has 3 aromatic heterocycles. The van der Waals surface area contributed by atoms with Crippen LogP contribution in [0.4, 0.5) is 5.82 Å². The SMILES string of the molecule is Cc1oc2ncn(C)c(=O)c2c1C(=O)Nc1cc(C2CCCC2)nn1-c1ccccc1. The second-order valence-electron chi connectivity index (χ2n) is 8.01. The van der Waals surface area contributed by atoms with Crippen molar-refractivity contribution in [2.75, 3.05) is 5.32 Å². The molecule has 3 heterocycles. The third-order valence-corrected chi connectivity index (χ3v) is 5.92. The van der Waals surface area contributed by atoms with Gasteiger partial charge >= 0.3 is 0 Å². The summed E-state index contributed by atoms with van der Waals surface area (Å²) in [7, 11) is 1.59. The molecular weight excluding hydrogens is 394 g/mol. The van der Waals surface area contributed by atoms with Gasteiger partial charge in [-0.05, 0) is 31.9 Å². The van der Waals surface area contributed by atoms with Crippen LogP contribution in [0.15, 0.2) is 51.9 Å². The summed E-state index contributed by atoms with van der Waals surface area (Å²) in [6.45, 7) is 1.66. The van der Waals surface area contributed by atoms with E-state index >= 15 is 0 Å². The van der Waals surface area contributed by atoms with E-state index in [4.69, 9.17) is 9.52 Å². The third-order valence-electron chi connectivity index (χ3n) is 5.92. The van der Waals surface area contributed by atoms with E-state index < -0.39 is 5.91 Å². The van der Waals surface area contributed by atoms with Crippen molar-refractivity contribution in [2.45, 2.75) is 38.5 Å². The maximum absolute atomic E-state index is 13.3. The van der Waals surface area contributed by atoms with Crippen LogP contribution in [0, 0.1) is 6.92 Å². The summed E-state index contributed by atoms with van der Waals surface area (Å²) in [4.78, 5) is 30.1. The molecule has 4 aromatic rings. The van der Waals surface area contributed by atoms with E-state index in [1.807, 2.05) is 36.4 Å². The highest BCUT2D eigenvalue weighted by Gasteiger charge is 2.26. The number of aryl methyl sites for hydroxylation is 2. The molecule has 1 saturated carbocycles. The highest BCUT2D eigenvalue weighted by atomic mass is 16.3. The van der Waals surface area contributed by atoms with Crippen molar-refractivity contribution in [3.8, 4) is 5.69 Å². The van der Waals surface area contributed by atoms with Gasteiger partial charge in [0.25, 0.3) is 11.5 Å². The summed E-state index contributed by atoms with van der Waals surface area (Å²) in [6, 6.07) is 11.6. The number of hydrogen-bond acceptors (Lipinski definition) is 5. The number of nitrogens with zero attached hydrogens (tertiary/aromatic N) is 4. The normalized spacial score (nSPS) is 14.4. The van der Waals surface area contributed by atoms with E-state index in [1.54, 1.807) is 18.7 Å². The molecule has 1 aliphatic rings. The summed E-state index contributed by atoms with van der Waals surface area (Å²) in [5.41, 5.74) is 1.87. The summed E-state index contributed by atoms with van der Waals surface area (Å²) in [5, 5.41) is 7.96. The maximum atomic E-state index is 13.3. The Morgan fingerprint density at radius 1 is 1.19 bits per heavy atom. The van der Waals surface area contributed by atoms with E-state index in [-0.39, 0.29) is 22.2 Å². The van der Waals surface area contributed by atoms with Crippen LogP contribution in [0.2, 0.25) is 0 Å². The Hall–Kier alpha value is -3.68. The number of amides is 1. The van der Waals surface area contributed by atoms with Crippen LogP contribution >= 0.6 is 0 Å². The van der Waals surface area contributed by atoms with Gasteiger partial charge in [-0.3, -0.25) is 9.59 Å². The van der Waals surface area contributed by atoms with Crippen LogP contribution in [0.25, 0.3) is 16.8 Å². The molecule has 158 valence electrons. The van der Waals surface area contributed by atoms with E-state index in [1.165, 1.54) is 23.7 Å². The molecule has 1 fully saturated rings. The first-order valence-electron chi connectivity index (χ1n) is 10.4. The lowest BCUT2D eigenvalue weighted by Gasteiger charge is -2.09. The van der Waals surface area contributed by atoms with Crippen molar-refractivity contribution in [3.05, 3.63) is 70.1 Å². The number of benzene rings is 1. The Morgan fingerprint density at radius 2 is 1.94 bits per heavy atom. The van der Waals surface area contributed by atoms with Gasteiger partial charge in [0.2, 0.25) is 5.71 Å². The fraction of sp³-hybridized carbons (Fsp3) is 0.304. The first-order valence-corrected chi connectivity index (χ1v) is 10.4. The predicted octanol–water partition coefficient (Wildman–Crippen LogP) is 3.93. The molecule has 31 heavy (non-hydrogen) atoms. The van der Waals surface area contributed by atoms with Crippen LogP contribution < -0.4 is 10.9 Å². The number of carbonyl (C=O) groups is 1. The summed E-state index contributed by atoms with van der Waals surface area (Å²) >= 11 is 0. The molecule has 0 aliphatic heterocycles. The first-order chi connectivity index (χ1) is 15.0. The van der Waals surface area contributed by atoms with Gasteiger partial charge in [0.05, 0.1) is 16.9 Å². The van der Waals surface area contributed by atoms with Crippen LogP contribution in [0.3, 0.4) is 0 Å². The van der Waals surface area contributed by atoms with E-state index in [0.29, 0.717) is 17.5 Å². The molecule has 0 radical (unpaired) electrons. The molecule has 5 rings (SSSR count). The Bertz CT molecular complexity index is 1330. The number of rotatable bonds is 4. The zero-order chi connectivity index (χ0) is 21.5. The predicted molar refractivity (Wildman–Crippen MR) is 117 cm³/mol. The van der Waals surface area contributed by atoms with Gasteiger partial charge in [-0.15, -0.1) is 0 Å². The van der Waals surface area contributed by atoms with E-state index in [9.17, 15) is 9.59 Å². The maximum Gasteiger partial charge on any atom is 0.265 e. The monoisotopic (exact) mass is 417 g/mol. The van der Waals surface area contributed by atoms with Crippen molar-refractivity contribution < 1.29 is 9.21 Å². The minimum atomic E-state index is -0.420. The largest absolute Gasteiger partial charge is 0.442 e. The fourth-order valence-corrected chi connectivity index (χ4v) is 4.31. The number of carbonyl (C=O) groups excluding carboxylic acids is 1. The number of furan rings is 1. The van der Waals surface area contributed by atoms with Crippen LogP contribution in [0.5, 0.6) is 0 Å². The highest BCUT2D eigenvalue weighted by Crippen LogP contribution is 2.35. The number of aromatic nitrogens is 4. The molecule has 0 atom stereocenters. The quantitative estimate of drug-likeness (QED) is 0.543. The standard InChI is InChI=1S/C23H23N5O3/c1-14-19(20-22(31-14)24-13-27(2)23(20)30)21(29)25-18-12-17(15-8-6-7-9-15)26-28(18)16-10-4-3-5-11-16/h3-5,10-13,15H,6-9H2,1-2H3,(H,25,29). The van der Waals surface area contributed by atoms with Crippen LogP contribution in [-0.2, 0) is 7.05 Å². The molecule has 1 amide bonds. The van der Waals surface area contributed by atoms with Crippen molar-refractivity contribution >= 4 is 22.8 Å². The molecule has 0 unspecified atom stereocenters. The number of anilines is 1. The Morgan fingerprint density at radius 3 is 2.68 bits per heavy atom. The minimum absolute atomic E-state index is 0.161. The molecule has 1 aliphatic carbocycles. The summed E-state index contributed by atoms with van der Waals surface area (Å²) < 4.78 is 8.67. The Labute approximate surface area is 178 Å². The fourth-order valence-electron chi connectivity index (χ4n) is 4.31. The number of fused-ring (bicyclic) bond motifs is 1. The van der Waals surface area contributed by atoms with E-state index in [0.717, 1.165) is 24.2 Å². The first kappa shape index (κ1) is 19.3. The van der Waals surface area contributed by atoms with Crippen molar-refractivity contribution in [3.63, 3.8) is 0 Å². The van der Waals surface area contributed by atoms with Gasteiger partial charge in [0.1, 0.15) is 23.3 Å². The zero-order valence-electron chi connectivity index (χ0n) is 17.5. The molecule has 8 nitrogen and oxygen atoms in total. The van der Waals surface area contributed by atoms with Gasteiger partial charge in [0, 0.05) is 19.0 Å². The molecule has 1 aromatic carbocycles. The summed E-state index contributed by atoms with van der Waals surface area (Å²) in [5.74, 6) is 0.891. The molecule has 0 bridgehead atoms. The average Bonchev–Trinajstić information content (AvgIpc) is 3.50. The van der Waals surface area contributed by atoms with Gasteiger partial charge in [-0.25, -0.2) is 9.67 Å². The smallest absolute Gasteiger partial charge is 0.265 e.